The third-order valence-corrected chi connectivity index (χ3v) is 3.00. The van der Waals surface area contributed by atoms with Crippen molar-refractivity contribution < 1.29 is 9.53 Å². The number of piperidine rings is 1. The first-order chi connectivity index (χ1) is 7.79. The van der Waals surface area contributed by atoms with Gasteiger partial charge in [0.15, 0.2) is 0 Å². The predicted molar refractivity (Wildman–Crippen MR) is 59.6 cm³/mol. The van der Waals surface area contributed by atoms with Crippen LogP contribution in [0, 0.1) is 0 Å². The molecule has 1 saturated heterocycles. The van der Waals surface area contributed by atoms with Crippen molar-refractivity contribution in [1.29, 1.82) is 0 Å². The minimum atomic E-state index is -0.906. The third kappa shape index (κ3) is 1.90. The van der Waals surface area contributed by atoms with Crippen molar-refractivity contribution in [2.45, 2.75) is 31.8 Å². The molecule has 16 heavy (non-hydrogen) atoms. The Bertz CT molecular complexity index is 289. The normalized spacial score (nSPS) is 30.1. The standard InChI is InChI=1S/C10H18N4O2/c1-2-16-9(15)10(8-11-13-12-10)14-6-4-3-5-7-14/h8,12-13H,2-7H2,1H3. The summed E-state index contributed by atoms with van der Waals surface area (Å²) in [4.78, 5) is 14.1. The smallest absolute Gasteiger partial charge is 0.349 e. The molecule has 0 aliphatic carbocycles. The molecule has 2 heterocycles. The van der Waals surface area contributed by atoms with Crippen LogP contribution in [0.4, 0.5) is 0 Å². The van der Waals surface area contributed by atoms with E-state index in [1.165, 1.54) is 6.42 Å². The molecule has 0 saturated carbocycles. The zero-order valence-electron chi connectivity index (χ0n) is 9.53. The zero-order valence-corrected chi connectivity index (χ0v) is 9.53. The van der Waals surface area contributed by atoms with E-state index in [0.29, 0.717) is 6.61 Å². The Kier molecular flexibility index (Phi) is 3.40. The van der Waals surface area contributed by atoms with Crippen LogP contribution in [0.1, 0.15) is 26.2 Å². The molecule has 1 atom stereocenters. The minimum absolute atomic E-state index is 0.286. The first-order valence-electron chi connectivity index (χ1n) is 5.78. The second kappa shape index (κ2) is 4.80. The maximum atomic E-state index is 12.0. The van der Waals surface area contributed by atoms with Gasteiger partial charge in [-0.2, -0.15) is 10.5 Å². The van der Waals surface area contributed by atoms with E-state index < -0.39 is 5.66 Å². The van der Waals surface area contributed by atoms with Gasteiger partial charge in [0.25, 0.3) is 0 Å². The summed E-state index contributed by atoms with van der Waals surface area (Å²) in [6.07, 6.45) is 5.03. The Labute approximate surface area is 95.0 Å². The topological polar surface area (TPSA) is 66.0 Å². The summed E-state index contributed by atoms with van der Waals surface area (Å²) >= 11 is 0. The Hall–Kier alpha value is -1.14. The van der Waals surface area contributed by atoms with Crippen LogP contribution < -0.4 is 11.0 Å². The number of nitrogens with one attached hydrogen (secondary N) is 2. The van der Waals surface area contributed by atoms with E-state index in [1.807, 2.05) is 0 Å². The van der Waals surface area contributed by atoms with Gasteiger partial charge < -0.3 is 4.74 Å². The summed E-state index contributed by atoms with van der Waals surface area (Å²) < 4.78 is 5.11. The van der Waals surface area contributed by atoms with E-state index in [2.05, 4.69) is 21.0 Å². The van der Waals surface area contributed by atoms with E-state index in [0.717, 1.165) is 25.9 Å². The molecule has 6 heteroatoms. The summed E-state index contributed by atoms with van der Waals surface area (Å²) in [5.74, 6) is -0.286. The summed E-state index contributed by atoms with van der Waals surface area (Å²) in [5.41, 5.74) is 4.62. The number of ether oxygens (including phenoxy) is 1. The van der Waals surface area contributed by atoms with Gasteiger partial charge in [-0.3, -0.25) is 4.90 Å². The van der Waals surface area contributed by atoms with Crippen LogP contribution in [0.15, 0.2) is 5.10 Å². The molecular weight excluding hydrogens is 208 g/mol. The number of likely N-dealkylation sites (tertiary alicyclic amines) is 1. The zero-order chi connectivity index (χ0) is 11.4. The molecule has 0 aromatic rings. The van der Waals surface area contributed by atoms with Crippen molar-refractivity contribution in [3.63, 3.8) is 0 Å². The Balaban J connectivity index is 2.14. The van der Waals surface area contributed by atoms with Crippen LogP contribution in [0.3, 0.4) is 0 Å². The molecule has 0 amide bonds. The van der Waals surface area contributed by atoms with Crippen molar-refractivity contribution in [3.8, 4) is 0 Å². The van der Waals surface area contributed by atoms with Crippen molar-refractivity contribution in [3.05, 3.63) is 0 Å². The number of hydrogen-bond acceptors (Lipinski definition) is 6. The maximum absolute atomic E-state index is 12.0. The fraction of sp³-hybridized carbons (Fsp3) is 0.800. The highest BCUT2D eigenvalue weighted by atomic mass is 16.5. The molecule has 1 fully saturated rings. The average molecular weight is 226 g/mol. The average Bonchev–Trinajstić information content (AvgIpc) is 2.81. The molecule has 90 valence electrons. The number of hydrazone groups is 1. The first kappa shape index (κ1) is 11.3. The molecule has 2 rings (SSSR count). The largest absolute Gasteiger partial charge is 0.463 e. The molecule has 1 unspecified atom stereocenters. The molecule has 0 aromatic heterocycles. The summed E-state index contributed by atoms with van der Waals surface area (Å²) in [6.45, 7) is 3.96. The van der Waals surface area contributed by atoms with Gasteiger partial charge in [0.05, 0.1) is 12.8 Å². The molecule has 6 nitrogen and oxygen atoms in total. The lowest BCUT2D eigenvalue weighted by Crippen LogP contribution is -2.66. The van der Waals surface area contributed by atoms with Crippen LogP contribution in [0.25, 0.3) is 0 Å². The number of carbonyl (C=O) groups is 1. The van der Waals surface area contributed by atoms with E-state index in [1.54, 1.807) is 13.1 Å². The predicted octanol–water partition coefficient (Wildman–Crippen LogP) is -0.175. The van der Waals surface area contributed by atoms with Crippen LogP contribution >= 0.6 is 0 Å². The Morgan fingerprint density at radius 2 is 2.25 bits per heavy atom. The van der Waals surface area contributed by atoms with Gasteiger partial charge >= 0.3 is 5.97 Å². The lowest BCUT2D eigenvalue weighted by molar-refractivity contribution is -0.155. The molecule has 2 aliphatic rings. The quantitative estimate of drug-likeness (QED) is 0.654. The number of hydrazine groups is 1. The number of esters is 1. The molecule has 0 spiro atoms. The van der Waals surface area contributed by atoms with E-state index >= 15 is 0 Å². The SMILES string of the molecule is CCOC(=O)C1(N2CCCCC2)C=NNN1. The highest BCUT2D eigenvalue weighted by Gasteiger charge is 2.47. The number of hydrogen-bond donors (Lipinski definition) is 2. The van der Waals surface area contributed by atoms with Gasteiger partial charge in [-0.05, 0) is 19.8 Å². The van der Waals surface area contributed by atoms with Crippen molar-refractivity contribution in [2.24, 2.45) is 5.10 Å². The van der Waals surface area contributed by atoms with E-state index in [4.69, 9.17) is 4.74 Å². The third-order valence-electron chi connectivity index (χ3n) is 3.00. The van der Waals surface area contributed by atoms with Crippen LogP contribution in [-0.2, 0) is 9.53 Å². The van der Waals surface area contributed by atoms with Gasteiger partial charge in [-0.15, -0.1) is 0 Å². The van der Waals surface area contributed by atoms with E-state index in [9.17, 15) is 4.79 Å². The number of nitrogens with zero attached hydrogens (tertiary/aromatic N) is 2. The molecule has 0 aromatic carbocycles. The first-order valence-corrected chi connectivity index (χ1v) is 5.78. The lowest BCUT2D eigenvalue weighted by atomic mass is 10.0. The Morgan fingerprint density at radius 1 is 1.50 bits per heavy atom. The Morgan fingerprint density at radius 3 is 2.81 bits per heavy atom. The number of rotatable bonds is 3. The fourth-order valence-corrected chi connectivity index (χ4v) is 2.16. The second-order valence-corrected chi connectivity index (χ2v) is 4.03. The van der Waals surface area contributed by atoms with E-state index in [-0.39, 0.29) is 5.97 Å². The molecule has 0 radical (unpaired) electrons. The summed E-state index contributed by atoms with van der Waals surface area (Å²) in [6, 6.07) is 0. The molecule has 0 bridgehead atoms. The van der Waals surface area contributed by atoms with Gasteiger partial charge in [-0.25, -0.2) is 10.3 Å². The van der Waals surface area contributed by atoms with Gasteiger partial charge in [0.1, 0.15) is 0 Å². The van der Waals surface area contributed by atoms with Crippen LogP contribution in [0.5, 0.6) is 0 Å². The van der Waals surface area contributed by atoms with Crippen LogP contribution in [0.2, 0.25) is 0 Å². The number of carbonyl (C=O) groups excluding carboxylic acids is 1. The van der Waals surface area contributed by atoms with Crippen molar-refractivity contribution in [1.82, 2.24) is 15.9 Å². The van der Waals surface area contributed by atoms with Gasteiger partial charge in [-0.1, -0.05) is 6.42 Å². The van der Waals surface area contributed by atoms with Crippen molar-refractivity contribution in [2.75, 3.05) is 19.7 Å². The van der Waals surface area contributed by atoms with Crippen molar-refractivity contribution >= 4 is 12.2 Å². The minimum Gasteiger partial charge on any atom is -0.463 e. The monoisotopic (exact) mass is 226 g/mol. The van der Waals surface area contributed by atoms with Gasteiger partial charge in [0.2, 0.25) is 5.66 Å². The van der Waals surface area contributed by atoms with Gasteiger partial charge in [0, 0.05) is 13.1 Å². The highest BCUT2D eigenvalue weighted by molar-refractivity contribution is 6.00. The lowest BCUT2D eigenvalue weighted by Gasteiger charge is -2.38. The highest BCUT2D eigenvalue weighted by Crippen LogP contribution is 2.20. The molecular formula is C10H18N4O2. The van der Waals surface area contributed by atoms with Crippen LogP contribution in [-0.4, -0.2) is 42.4 Å². The maximum Gasteiger partial charge on any atom is 0.349 e. The molecule has 2 N–H and O–H groups in total. The fourth-order valence-electron chi connectivity index (χ4n) is 2.16. The molecule has 2 aliphatic heterocycles. The summed E-state index contributed by atoms with van der Waals surface area (Å²) in [7, 11) is 0. The second-order valence-electron chi connectivity index (χ2n) is 4.03. The summed E-state index contributed by atoms with van der Waals surface area (Å²) in [5, 5.41) is 3.89.